The first-order chi connectivity index (χ1) is 29.2. The quantitative estimate of drug-likeness (QED) is 0.148. The Labute approximate surface area is 349 Å². The van der Waals surface area contributed by atoms with Crippen molar-refractivity contribution < 1.29 is 166 Å². The number of fused-ring (bicyclic) bond motifs is 1. The molecule has 0 radical (unpaired) electrons. The fourth-order valence-electron chi connectivity index (χ4n) is 4.69. The van der Waals surface area contributed by atoms with Crippen molar-refractivity contribution in [3.05, 3.63) is 52.3 Å². The van der Waals surface area contributed by atoms with E-state index >= 15 is 17.6 Å². The molecule has 0 saturated heterocycles. The number of hydrogen-bond acceptors (Lipinski definition) is 4. The molecule has 0 amide bonds. The Morgan fingerprint density at radius 2 is 0.544 bits per heavy atom. The minimum atomic E-state index is -10.1. The Kier molecular flexibility index (Phi) is 13.9. The zero-order valence-corrected chi connectivity index (χ0v) is 31.6. The highest BCUT2D eigenvalue weighted by atomic mass is 32.3. The molecule has 0 atom stereocenters. The average molecular weight is 1120 g/mol. The minimum absolute atomic E-state index is 0.186. The Bertz CT molecular complexity index is 2360. The molecule has 0 fully saturated rings. The third kappa shape index (κ3) is 7.35. The molecule has 0 bridgehead atoms. The molecule has 0 heterocycles. The van der Waals surface area contributed by atoms with Gasteiger partial charge in [-0.1, -0.05) is 42.5 Å². The molecule has 40 heteroatoms. The van der Waals surface area contributed by atoms with Crippen LogP contribution in [-0.2, 0) is 19.7 Å². The smallest absolute Gasteiger partial charge is 0.216 e. The maximum atomic E-state index is 15.3. The Hall–Kier alpha value is -4.04. The molecule has 68 heavy (non-hydrogen) atoms. The molecule has 0 aromatic heterocycles. The predicted molar refractivity (Wildman–Crippen MR) is 151 cm³/mol. The molecule has 0 aliphatic rings. The second-order valence-corrected chi connectivity index (χ2v) is 17.1. The lowest BCUT2D eigenvalue weighted by Crippen LogP contribution is -2.75. The van der Waals surface area contributed by atoms with E-state index in [0.717, 1.165) is 6.07 Å². The third-order valence-electron chi connectivity index (χ3n) is 8.69. The minimum Gasteiger partial charge on any atom is -0.216 e. The zero-order valence-electron chi connectivity index (χ0n) is 29.9. The number of benzene rings is 2. The number of alkyl halides is 34. The van der Waals surface area contributed by atoms with Crippen LogP contribution in [0.5, 0.6) is 0 Å². The van der Waals surface area contributed by atoms with Gasteiger partial charge in [0.15, 0.2) is 4.24 Å². The van der Waals surface area contributed by atoms with Gasteiger partial charge in [-0.15, -0.1) is 0 Å². The van der Waals surface area contributed by atoms with Crippen LogP contribution < -0.4 is 0 Å². The molecule has 0 N–H and O–H groups in total. The molecule has 2 aromatic rings. The van der Waals surface area contributed by atoms with Crippen LogP contribution >= 0.6 is 0 Å². The van der Waals surface area contributed by atoms with Gasteiger partial charge in [-0.05, 0) is 22.4 Å². The summed E-state index contributed by atoms with van der Waals surface area (Å²) in [7, 11) is -20.2. The van der Waals surface area contributed by atoms with Gasteiger partial charge in [0.1, 0.15) is 0 Å². The molecular weight excluding hydrogens is 1110 g/mol. The highest BCUT2D eigenvalue weighted by Crippen LogP contribution is 2.67. The van der Waals surface area contributed by atoms with E-state index in [-0.39, 0.29) is 18.2 Å². The van der Waals surface area contributed by atoms with E-state index in [1.165, 1.54) is 0 Å². The molecule has 0 saturated carbocycles. The Morgan fingerprint density at radius 1 is 0.309 bits per heavy atom. The second-order valence-electron chi connectivity index (χ2n) is 13.0. The second kappa shape index (κ2) is 15.7. The monoisotopic (exact) mass is 1120 g/mol. The SMILES string of the molecule is O=S(=O)(C(=Cc1cccc2ccccc12)S(=O)(=O)C(F)(F)C(F)(F)C(F)(F)C(F)(F)C(F)(F)C(F)(F)C(F)(F)C(F)(F)F)C(F)(F)C(F)(F)C(F)(F)C(F)(F)C(F)(F)C(F)(F)C(F)(F)C(F)(F)F. The van der Waals surface area contributed by atoms with Crippen LogP contribution in [0.15, 0.2) is 46.7 Å². The molecular formula is C28H8F34O4S2. The summed E-state index contributed by atoms with van der Waals surface area (Å²) in [5, 5.41) is -21.0. The summed E-state index contributed by atoms with van der Waals surface area (Å²) in [4.78, 5) is 0. The van der Waals surface area contributed by atoms with Gasteiger partial charge in [-0.3, -0.25) is 0 Å². The van der Waals surface area contributed by atoms with Crippen molar-refractivity contribution in [3.63, 3.8) is 0 Å². The molecule has 0 aliphatic carbocycles. The standard InChI is InChI=1S/C28H8F34O4S2/c29-13(30,17(37,38)21(45,46)25(53,54)55)15(33,34)19(41,42)23(49,50)27(59,60)67(63,64)12(8-10-6-3-5-9-4-1-2-7-11(9)10)68(65,66)28(61,62)24(51,52)20(43,44)16(35,36)14(31,32)18(39,40)22(47,48)26(56,57)58/h1-8H. The van der Waals surface area contributed by atoms with Crippen LogP contribution in [0.1, 0.15) is 5.56 Å². The van der Waals surface area contributed by atoms with E-state index < -0.39 is 140 Å². The van der Waals surface area contributed by atoms with E-state index in [2.05, 4.69) is 0 Å². The van der Waals surface area contributed by atoms with Gasteiger partial charge in [0.05, 0.1) is 0 Å². The first-order valence-corrected chi connectivity index (χ1v) is 18.3. The van der Waals surface area contributed by atoms with E-state index in [1.807, 2.05) is 0 Å². The highest BCUT2D eigenvalue weighted by molar-refractivity contribution is 8.15. The van der Waals surface area contributed by atoms with Crippen molar-refractivity contribution in [2.45, 2.75) is 93.9 Å². The average Bonchev–Trinajstić information content (AvgIpc) is 3.14. The van der Waals surface area contributed by atoms with Crippen LogP contribution in [0.2, 0.25) is 0 Å². The summed E-state index contributed by atoms with van der Waals surface area (Å²) >= 11 is 0. The van der Waals surface area contributed by atoms with E-state index in [0.29, 0.717) is 18.2 Å². The van der Waals surface area contributed by atoms with Crippen LogP contribution in [0, 0.1) is 0 Å². The van der Waals surface area contributed by atoms with Crippen molar-refractivity contribution in [1.29, 1.82) is 0 Å². The lowest BCUT2D eigenvalue weighted by molar-refractivity contribution is -0.458. The van der Waals surface area contributed by atoms with Gasteiger partial charge in [0.2, 0.25) is 0 Å². The molecule has 4 nitrogen and oxygen atoms in total. The lowest BCUT2D eigenvalue weighted by atomic mass is 9.91. The number of halogens is 34. The molecule has 0 aliphatic heterocycles. The van der Waals surface area contributed by atoms with Crippen molar-refractivity contribution in [1.82, 2.24) is 0 Å². The maximum absolute atomic E-state index is 15.3. The number of sulfone groups is 2. The predicted octanol–water partition coefficient (Wildman–Crippen LogP) is 12.9. The largest absolute Gasteiger partial charge is 0.460 e. The van der Waals surface area contributed by atoms with Crippen molar-refractivity contribution >= 4 is 36.5 Å². The van der Waals surface area contributed by atoms with Crippen molar-refractivity contribution in [2.75, 3.05) is 0 Å². The maximum Gasteiger partial charge on any atom is 0.460 e. The fraction of sp³-hybridized carbons (Fsp3) is 0.571. The first-order valence-electron chi connectivity index (χ1n) is 15.3. The highest BCUT2D eigenvalue weighted by Gasteiger charge is 2.98. The zero-order chi connectivity index (χ0) is 55.0. The first kappa shape index (κ1) is 60.1. The number of rotatable bonds is 17. The van der Waals surface area contributed by atoms with Gasteiger partial charge in [-0.2, -0.15) is 149 Å². The fourth-order valence-corrected chi connectivity index (χ4v) is 8.48. The number of hydrogen-bond donors (Lipinski definition) is 0. The van der Waals surface area contributed by atoms with Crippen molar-refractivity contribution in [3.8, 4) is 0 Å². The van der Waals surface area contributed by atoms with Gasteiger partial charge < -0.3 is 0 Å². The molecule has 2 aromatic carbocycles. The Morgan fingerprint density at radius 3 is 0.824 bits per heavy atom. The topological polar surface area (TPSA) is 68.3 Å². The summed E-state index contributed by atoms with van der Waals surface area (Å²) in [5.74, 6) is -115. The summed E-state index contributed by atoms with van der Waals surface area (Å²) < 4.78 is 519. The van der Waals surface area contributed by atoms with Gasteiger partial charge in [-0.25, -0.2) is 16.8 Å². The Balaban J connectivity index is 3.24. The molecule has 0 unspecified atom stereocenters. The summed E-state index contributed by atoms with van der Waals surface area (Å²) in [6.07, 6.45) is -18.8. The molecule has 394 valence electrons. The summed E-state index contributed by atoms with van der Waals surface area (Å²) in [5.41, 5.74) is -2.08. The van der Waals surface area contributed by atoms with Crippen LogP contribution in [-0.4, -0.2) is 111 Å². The van der Waals surface area contributed by atoms with Crippen molar-refractivity contribution in [2.24, 2.45) is 0 Å². The normalized spacial score (nSPS) is 16.3. The molecule has 0 spiro atoms. The summed E-state index contributed by atoms with van der Waals surface area (Å²) in [6, 6.07) is 2.61. The lowest BCUT2D eigenvalue weighted by Gasteiger charge is -2.43. The van der Waals surface area contributed by atoms with Gasteiger partial charge in [0.25, 0.3) is 19.7 Å². The molecule has 2 rings (SSSR count). The van der Waals surface area contributed by atoms with Gasteiger partial charge >= 0.3 is 93.9 Å². The van der Waals surface area contributed by atoms with Crippen LogP contribution in [0.4, 0.5) is 149 Å². The van der Waals surface area contributed by atoms with E-state index in [1.54, 1.807) is 0 Å². The van der Waals surface area contributed by atoms with Gasteiger partial charge in [0, 0.05) is 0 Å². The van der Waals surface area contributed by atoms with Crippen LogP contribution in [0.3, 0.4) is 0 Å². The third-order valence-corrected chi connectivity index (χ3v) is 13.2. The summed E-state index contributed by atoms with van der Waals surface area (Å²) in [6.45, 7) is 0. The van der Waals surface area contributed by atoms with E-state index in [9.17, 15) is 149 Å². The van der Waals surface area contributed by atoms with E-state index in [4.69, 9.17) is 0 Å². The van der Waals surface area contributed by atoms with Crippen LogP contribution in [0.25, 0.3) is 16.8 Å².